The van der Waals surface area contributed by atoms with Crippen molar-refractivity contribution < 1.29 is 0 Å². The highest BCUT2D eigenvalue weighted by Crippen LogP contribution is 2.09. The summed E-state index contributed by atoms with van der Waals surface area (Å²) < 4.78 is 0. The fourth-order valence-corrected chi connectivity index (χ4v) is 1.76. The summed E-state index contributed by atoms with van der Waals surface area (Å²) in [7, 11) is 0. The molecule has 1 atom stereocenters. The lowest BCUT2D eigenvalue weighted by molar-refractivity contribution is 0.377. The Labute approximate surface area is 98.7 Å². The molecule has 0 bridgehead atoms. The van der Waals surface area contributed by atoms with Crippen molar-refractivity contribution in [3.05, 3.63) is 24.3 Å². The Balaban J connectivity index is 2.38. The minimum Gasteiger partial charge on any atom is -0.314 e. The van der Waals surface area contributed by atoms with Crippen molar-refractivity contribution in [3.63, 3.8) is 0 Å². The van der Waals surface area contributed by atoms with E-state index < -0.39 is 0 Å². The van der Waals surface area contributed by atoms with E-state index in [1.165, 1.54) is 6.42 Å². The minimum absolute atomic E-state index is 0.585. The number of hydrogen-bond donors (Lipinski definition) is 1. The molecule has 0 amide bonds. The number of hydrogen-bond acceptors (Lipinski definition) is 3. The zero-order valence-corrected chi connectivity index (χ0v) is 10.6. The van der Waals surface area contributed by atoms with Gasteiger partial charge in [0.05, 0.1) is 5.69 Å². The Morgan fingerprint density at radius 2 is 2.12 bits per heavy atom. The molecule has 0 aliphatic heterocycles. The van der Waals surface area contributed by atoms with Gasteiger partial charge in [-0.3, -0.25) is 9.97 Å². The Kier molecular flexibility index (Phi) is 6.01. The third-order valence-electron chi connectivity index (χ3n) is 2.79. The molecular weight excluding hydrogens is 198 g/mol. The van der Waals surface area contributed by atoms with E-state index in [-0.39, 0.29) is 0 Å². The first kappa shape index (κ1) is 13.1. The number of nitrogens with zero attached hydrogens (tertiary/aromatic N) is 2. The summed E-state index contributed by atoms with van der Waals surface area (Å²) in [5.41, 5.74) is 1.09. The van der Waals surface area contributed by atoms with Gasteiger partial charge < -0.3 is 5.32 Å². The quantitative estimate of drug-likeness (QED) is 0.768. The van der Waals surface area contributed by atoms with E-state index in [1.807, 2.05) is 6.20 Å². The molecule has 0 spiro atoms. The summed E-state index contributed by atoms with van der Waals surface area (Å²) in [6.45, 7) is 7.84. The molecule has 0 radical (unpaired) electrons. The van der Waals surface area contributed by atoms with Crippen LogP contribution in [0.3, 0.4) is 0 Å². The van der Waals surface area contributed by atoms with Crippen LogP contribution in [0.1, 0.15) is 39.3 Å². The van der Waals surface area contributed by atoms with Crippen LogP contribution in [-0.2, 0) is 6.42 Å². The molecule has 3 heteroatoms. The van der Waals surface area contributed by atoms with Crippen molar-refractivity contribution in [1.82, 2.24) is 15.3 Å². The van der Waals surface area contributed by atoms with Gasteiger partial charge in [0.2, 0.25) is 0 Å². The summed E-state index contributed by atoms with van der Waals surface area (Å²) in [5, 5.41) is 3.59. The van der Waals surface area contributed by atoms with Crippen LogP contribution in [0.15, 0.2) is 18.6 Å². The molecule has 0 saturated carbocycles. The normalized spacial score (nSPS) is 13.0. The third kappa shape index (κ3) is 4.71. The van der Waals surface area contributed by atoms with Crippen LogP contribution in [-0.4, -0.2) is 22.6 Å². The predicted octanol–water partition coefficient (Wildman–Crippen LogP) is 2.43. The van der Waals surface area contributed by atoms with Gasteiger partial charge in [-0.2, -0.15) is 0 Å². The first-order chi connectivity index (χ1) is 7.74. The van der Waals surface area contributed by atoms with Gasteiger partial charge in [0.1, 0.15) is 0 Å². The maximum absolute atomic E-state index is 4.30. The lowest BCUT2D eigenvalue weighted by Gasteiger charge is -2.22. The minimum atomic E-state index is 0.585. The molecule has 90 valence electrons. The molecule has 0 fully saturated rings. The van der Waals surface area contributed by atoms with Gasteiger partial charge in [-0.15, -0.1) is 0 Å². The highest BCUT2D eigenvalue weighted by atomic mass is 14.9. The van der Waals surface area contributed by atoms with Crippen LogP contribution in [0, 0.1) is 5.92 Å². The smallest absolute Gasteiger partial charge is 0.0587 e. The van der Waals surface area contributed by atoms with Crippen LogP contribution in [0.25, 0.3) is 0 Å². The van der Waals surface area contributed by atoms with Gasteiger partial charge in [0.25, 0.3) is 0 Å². The second-order valence-electron chi connectivity index (χ2n) is 4.54. The maximum atomic E-state index is 4.30. The van der Waals surface area contributed by atoms with Crippen LogP contribution in [0.2, 0.25) is 0 Å². The average molecular weight is 221 g/mol. The summed E-state index contributed by atoms with van der Waals surface area (Å²) in [6.07, 6.45) is 8.67. The van der Waals surface area contributed by atoms with Gasteiger partial charge in [-0.05, 0) is 31.7 Å². The average Bonchev–Trinajstić information content (AvgIpc) is 2.30. The highest BCUT2D eigenvalue weighted by molar-refractivity contribution is 4.95. The topological polar surface area (TPSA) is 37.8 Å². The van der Waals surface area contributed by atoms with Gasteiger partial charge in [-0.1, -0.05) is 20.8 Å². The second-order valence-corrected chi connectivity index (χ2v) is 4.54. The number of aromatic nitrogens is 2. The van der Waals surface area contributed by atoms with Gasteiger partial charge in [-0.25, -0.2) is 0 Å². The molecule has 16 heavy (non-hydrogen) atoms. The molecular formula is C13H23N3. The molecule has 1 rings (SSSR count). The number of rotatable bonds is 7. The predicted molar refractivity (Wildman–Crippen MR) is 67.3 cm³/mol. The fraction of sp³-hybridized carbons (Fsp3) is 0.692. The SMILES string of the molecule is CCCNC(CCc1cnccn1)C(C)C. The summed E-state index contributed by atoms with van der Waals surface area (Å²) in [4.78, 5) is 8.39. The fourth-order valence-electron chi connectivity index (χ4n) is 1.76. The van der Waals surface area contributed by atoms with Crippen LogP contribution in [0.5, 0.6) is 0 Å². The van der Waals surface area contributed by atoms with E-state index in [0.717, 1.165) is 25.1 Å². The van der Waals surface area contributed by atoms with Crippen LogP contribution < -0.4 is 5.32 Å². The third-order valence-corrected chi connectivity index (χ3v) is 2.79. The second kappa shape index (κ2) is 7.34. The van der Waals surface area contributed by atoms with E-state index in [9.17, 15) is 0 Å². The molecule has 0 aliphatic rings. The van der Waals surface area contributed by atoms with Crippen LogP contribution in [0.4, 0.5) is 0 Å². The zero-order valence-electron chi connectivity index (χ0n) is 10.6. The van der Waals surface area contributed by atoms with Crippen LogP contribution >= 0.6 is 0 Å². The maximum Gasteiger partial charge on any atom is 0.0587 e. The molecule has 0 aliphatic carbocycles. The van der Waals surface area contributed by atoms with Gasteiger partial charge >= 0.3 is 0 Å². The summed E-state index contributed by atoms with van der Waals surface area (Å²) >= 11 is 0. The summed E-state index contributed by atoms with van der Waals surface area (Å²) in [5.74, 6) is 0.670. The number of aryl methyl sites for hydroxylation is 1. The zero-order chi connectivity index (χ0) is 11.8. The van der Waals surface area contributed by atoms with E-state index in [2.05, 4.69) is 36.1 Å². The van der Waals surface area contributed by atoms with Crippen molar-refractivity contribution in [2.45, 2.75) is 46.1 Å². The highest BCUT2D eigenvalue weighted by Gasteiger charge is 2.12. The van der Waals surface area contributed by atoms with Crippen molar-refractivity contribution in [2.75, 3.05) is 6.54 Å². The van der Waals surface area contributed by atoms with E-state index in [4.69, 9.17) is 0 Å². The molecule has 1 heterocycles. The Hall–Kier alpha value is -0.960. The Morgan fingerprint density at radius 3 is 2.69 bits per heavy atom. The molecule has 0 aromatic carbocycles. The van der Waals surface area contributed by atoms with E-state index in [1.54, 1.807) is 12.4 Å². The molecule has 1 N–H and O–H groups in total. The van der Waals surface area contributed by atoms with E-state index in [0.29, 0.717) is 12.0 Å². The molecule has 0 saturated heterocycles. The lowest BCUT2D eigenvalue weighted by atomic mass is 9.98. The first-order valence-electron chi connectivity index (χ1n) is 6.22. The van der Waals surface area contributed by atoms with Crippen molar-refractivity contribution >= 4 is 0 Å². The lowest BCUT2D eigenvalue weighted by Crippen LogP contribution is -2.34. The monoisotopic (exact) mass is 221 g/mol. The largest absolute Gasteiger partial charge is 0.314 e. The first-order valence-corrected chi connectivity index (χ1v) is 6.22. The van der Waals surface area contributed by atoms with Gasteiger partial charge in [0, 0.05) is 24.6 Å². The Morgan fingerprint density at radius 1 is 1.31 bits per heavy atom. The molecule has 3 nitrogen and oxygen atoms in total. The van der Waals surface area contributed by atoms with E-state index >= 15 is 0 Å². The van der Waals surface area contributed by atoms with Crippen molar-refractivity contribution in [2.24, 2.45) is 5.92 Å². The Bertz CT molecular complexity index is 272. The number of nitrogens with one attached hydrogen (secondary N) is 1. The molecule has 1 unspecified atom stereocenters. The molecule has 1 aromatic heterocycles. The van der Waals surface area contributed by atoms with Gasteiger partial charge in [0.15, 0.2) is 0 Å². The van der Waals surface area contributed by atoms with Crippen molar-refractivity contribution in [3.8, 4) is 0 Å². The standard InChI is InChI=1S/C13H23N3/c1-4-7-16-13(11(2)3)6-5-12-10-14-8-9-15-12/h8-11,13,16H,4-7H2,1-3H3. The molecule has 1 aromatic rings. The summed E-state index contributed by atoms with van der Waals surface area (Å²) in [6, 6.07) is 0.585. The van der Waals surface area contributed by atoms with Crippen molar-refractivity contribution in [1.29, 1.82) is 0 Å².